The second-order valence-electron chi connectivity index (χ2n) is 1.33. The molecule has 0 radical (unpaired) electrons. The van der Waals surface area contributed by atoms with Crippen molar-refractivity contribution in [1.29, 1.82) is 0 Å². The van der Waals surface area contributed by atoms with Crippen LogP contribution in [-0.2, 0) is 0 Å². The fourth-order valence-corrected chi connectivity index (χ4v) is 7.45. The summed E-state index contributed by atoms with van der Waals surface area (Å²) in [5.41, 5.74) is 0. The van der Waals surface area contributed by atoms with Crippen molar-refractivity contribution in [3.8, 4) is 0 Å². The first-order chi connectivity index (χ1) is 3.00. The summed E-state index contributed by atoms with van der Waals surface area (Å²) in [4.78, 5) is 0. The van der Waals surface area contributed by atoms with Gasteiger partial charge in [0.05, 0.1) is 0 Å². The van der Waals surface area contributed by atoms with Crippen LogP contribution >= 0.6 is 24.5 Å². The van der Waals surface area contributed by atoms with Crippen LogP contribution in [0.25, 0.3) is 0 Å². The maximum atomic E-state index is 1.55. The normalized spacial score (nSPS) is 36.0. The Bertz CT molecular complexity index is 21.5. The molecule has 0 amide bonds. The van der Waals surface area contributed by atoms with Gasteiger partial charge < -0.3 is 0 Å². The molecule has 0 N–H and O–H groups in total. The van der Waals surface area contributed by atoms with Gasteiger partial charge in [-0.3, -0.25) is 0 Å². The zero-order valence-electron chi connectivity index (χ0n) is 3.62. The van der Waals surface area contributed by atoms with Crippen LogP contribution in [0.3, 0.4) is 0 Å². The fraction of sp³-hybridized carbons (Fsp3) is 1.00. The number of hydrogen-bond acceptors (Lipinski definition) is 0. The standard InChI is InChI=1S/C3H9P3/c1-2-4-6-5-3-1/h4-6H,1-3H2. The lowest BCUT2D eigenvalue weighted by Gasteiger charge is -2.06. The van der Waals surface area contributed by atoms with Gasteiger partial charge in [-0.05, 0) is 18.7 Å². The molecule has 1 heterocycles. The Kier molecular flexibility index (Phi) is 3.00. The van der Waals surface area contributed by atoms with Crippen LogP contribution in [0, 0.1) is 0 Å². The molecular formula is C3H9P3. The van der Waals surface area contributed by atoms with E-state index in [1.165, 1.54) is 30.9 Å². The third kappa shape index (κ3) is 1.83. The highest BCUT2D eigenvalue weighted by atomic mass is 32.4. The van der Waals surface area contributed by atoms with E-state index in [0.717, 1.165) is 0 Å². The van der Waals surface area contributed by atoms with E-state index in [0.29, 0.717) is 0 Å². The highest BCUT2D eigenvalue weighted by Crippen LogP contribution is 2.56. The van der Waals surface area contributed by atoms with Gasteiger partial charge in [0.1, 0.15) is 0 Å². The molecule has 1 rings (SSSR count). The summed E-state index contributed by atoms with van der Waals surface area (Å²) in [6, 6.07) is 0. The van der Waals surface area contributed by atoms with Crippen molar-refractivity contribution in [3.05, 3.63) is 0 Å². The van der Waals surface area contributed by atoms with Crippen LogP contribution in [-0.4, -0.2) is 12.3 Å². The molecule has 1 aliphatic rings. The summed E-state index contributed by atoms with van der Waals surface area (Å²) in [5.74, 6) is 0. The third-order valence-corrected chi connectivity index (χ3v) is 8.08. The second-order valence-corrected chi connectivity index (χ2v) is 8.41. The topological polar surface area (TPSA) is 0 Å². The third-order valence-electron chi connectivity index (χ3n) is 0.780. The molecule has 1 aliphatic heterocycles. The summed E-state index contributed by atoms with van der Waals surface area (Å²) in [6.45, 7) is 0. The van der Waals surface area contributed by atoms with Crippen LogP contribution in [0.1, 0.15) is 6.42 Å². The van der Waals surface area contributed by atoms with Gasteiger partial charge in [-0.25, -0.2) is 0 Å². The quantitative estimate of drug-likeness (QED) is 0.450. The summed E-state index contributed by atoms with van der Waals surface area (Å²) in [7, 11) is 4.04. The van der Waals surface area contributed by atoms with Gasteiger partial charge in [-0.1, -0.05) is 24.5 Å². The summed E-state index contributed by atoms with van der Waals surface area (Å²) in [6.07, 6.45) is 4.63. The van der Waals surface area contributed by atoms with Crippen molar-refractivity contribution in [3.63, 3.8) is 0 Å². The van der Waals surface area contributed by atoms with Crippen LogP contribution in [0.4, 0.5) is 0 Å². The molecule has 0 saturated carbocycles. The Morgan fingerprint density at radius 1 is 1.00 bits per heavy atom. The van der Waals surface area contributed by atoms with Crippen molar-refractivity contribution in [2.24, 2.45) is 0 Å². The zero-order chi connectivity index (χ0) is 4.24. The monoisotopic (exact) mass is 138 g/mol. The first-order valence-corrected chi connectivity index (χ1v) is 7.62. The zero-order valence-corrected chi connectivity index (χ0v) is 6.62. The van der Waals surface area contributed by atoms with Crippen LogP contribution in [0.15, 0.2) is 0 Å². The van der Waals surface area contributed by atoms with Crippen molar-refractivity contribution in [2.45, 2.75) is 6.42 Å². The lowest BCUT2D eigenvalue weighted by Crippen LogP contribution is -1.78. The molecule has 0 aromatic heterocycles. The molecule has 0 aromatic rings. The lowest BCUT2D eigenvalue weighted by molar-refractivity contribution is 1.12. The molecule has 36 valence electrons. The van der Waals surface area contributed by atoms with Crippen LogP contribution in [0.2, 0.25) is 0 Å². The summed E-state index contributed by atoms with van der Waals surface area (Å²) >= 11 is 0. The first kappa shape index (κ1) is 5.43. The lowest BCUT2D eigenvalue weighted by atomic mass is 10.6. The highest BCUT2D eigenvalue weighted by Gasteiger charge is 1.94. The maximum absolute atomic E-state index is 1.55. The molecular weight excluding hydrogens is 129 g/mol. The largest absolute Gasteiger partial charge is 0.0950 e. The molecule has 0 bridgehead atoms. The molecule has 0 spiro atoms. The number of rotatable bonds is 0. The summed E-state index contributed by atoms with van der Waals surface area (Å²) in [5, 5.41) is 0. The Hall–Kier alpha value is 1.29. The van der Waals surface area contributed by atoms with Crippen molar-refractivity contribution in [1.82, 2.24) is 0 Å². The molecule has 1 fully saturated rings. The van der Waals surface area contributed by atoms with E-state index in [-0.39, 0.29) is 0 Å². The van der Waals surface area contributed by atoms with Gasteiger partial charge in [-0.2, -0.15) is 0 Å². The molecule has 0 aromatic carbocycles. The van der Waals surface area contributed by atoms with Gasteiger partial charge in [0.15, 0.2) is 0 Å². The minimum absolute atomic E-state index is 1.34. The van der Waals surface area contributed by atoms with E-state index in [1.54, 1.807) is 12.3 Å². The Labute approximate surface area is 44.0 Å². The van der Waals surface area contributed by atoms with Crippen molar-refractivity contribution < 1.29 is 0 Å². The molecule has 0 aliphatic carbocycles. The fourth-order valence-electron chi connectivity index (χ4n) is 0.453. The van der Waals surface area contributed by atoms with E-state index >= 15 is 0 Å². The smallest absolute Gasteiger partial charge is 0.0310 e. The van der Waals surface area contributed by atoms with Crippen molar-refractivity contribution >= 4 is 24.5 Å². The Morgan fingerprint density at radius 3 is 1.83 bits per heavy atom. The van der Waals surface area contributed by atoms with E-state index in [9.17, 15) is 0 Å². The minimum Gasteiger partial charge on any atom is -0.0950 e. The van der Waals surface area contributed by atoms with E-state index in [1.807, 2.05) is 0 Å². The maximum Gasteiger partial charge on any atom is -0.0310 e. The van der Waals surface area contributed by atoms with E-state index < -0.39 is 0 Å². The predicted octanol–water partition coefficient (Wildman–Crippen LogP) is 2.26. The molecule has 6 heavy (non-hydrogen) atoms. The minimum atomic E-state index is 1.34. The molecule has 2 atom stereocenters. The Morgan fingerprint density at radius 2 is 1.67 bits per heavy atom. The second kappa shape index (κ2) is 3.31. The average molecular weight is 138 g/mol. The van der Waals surface area contributed by atoms with Crippen molar-refractivity contribution in [2.75, 3.05) is 12.3 Å². The van der Waals surface area contributed by atoms with Crippen LogP contribution in [0.5, 0.6) is 0 Å². The SMILES string of the molecule is C1CPPPC1. The van der Waals surface area contributed by atoms with Gasteiger partial charge in [0, 0.05) is 0 Å². The summed E-state index contributed by atoms with van der Waals surface area (Å²) < 4.78 is 0. The van der Waals surface area contributed by atoms with Gasteiger partial charge in [-0.15, -0.1) is 0 Å². The van der Waals surface area contributed by atoms with Gasteiger partial charge >= 0.3 is 0 Å². The van der Waals surface area contributed by atoms with Crippen LogP contribution < -0.4 is 0 Å². The average Bonchev–Trinajstić information content (AvgIpc) is 1.72. The predicted molar refractivity (Wildman–Crippen MR) is 39.3 cm³/mol. The first-order valence-electron chi connectivity index (χ1n) is 2.21. The number of hydrogen-bond donors (Lipinski definition) is 0. The van der Waals surface area contributed by atoms with E-state index in [2.05, 4.69) is 0 Å². The molecule has 3 heteroatoms. The molecule has 0 nitrogen and oxygen atoms in total. The highest BCUT2D eigenvalue weighted by molar-refractivity contribution is 8.43. The van der Waals surface area contributed by atoms with E-state index in [4.69, 9.17) is 0 Å². The Balaban J connectivity index is 2.00. The van der Waals surface area contributed by atoms with Gasteiger partial charge in [0.2, 0.25) is 0 Å². The van der Waals surface area contributed by atoms with Gasteiger partial charge in [0.25, 0.3) is 0 Å². The molecule has 1 saturated heterocycles. The molecule has 2 unspecified atom stereocenters.